The topological polar surface area (TPSA) is 55.8 Å². The van der Waals surface area contributed by atoms with E-state index in [0.29, 0.717) is 5.56 Å². The Labute approximate surface area is 131 Å². The van der Waals surface area contributed by atoms with Gasteiger partial charge in [-0.25, -0.2) is 4.89 Å². The number of carbonyl (C=O) groups excluding carboxylic acids is 1. The van der Waals surface area contributed by atoms with Crippen LogP contribution in [0.3, 0.4) is 0 Å². The van der Waals surface area contributed by atoms with Crippen molar-refractivity contribution in [2.45, 2.75) is 52.9 Å². The number of benzene rings is 1. The molecule has 4 nitrogen and oxygen atoms in total. The first kappa shape index (κ1) is 16.9. The zero-order valence-corrected chi connectivity index (χ0v) is 14.1. The lowest BCUT2D eigenvalue weighted by Gasteiger charge is -2.39. The fourth-order valence-corrected chi connectivity index (χ4v) is 2.30. The van der Waals surface area contributed by atoms with Crippen LogP contribution in [0, 0.1) is 12.3 Å². The second-order valence-corrected chi connectivity index (χ2v) is 7.20. The lowest BCUT2D eigenvalue weighted by atomic mass is 9.82. The Hall–Kier alpha value is -1.49. The highest BCUT2D eigenvalue weighted by molar-refractivity contribution is 6.07. The predicted octanol–water partition coefficient (Wildman–Crippen LogP) is 3.67. The average molecular weight is 304 g/mol. The minimum absolute atomic E-state index is 0.0534. The van der Waals surface area contributed by atoms with E-state index in [9.17, 15) is 9.90 Å². The molecule has 0 aromatic heterocycles. The molecule has 120 valence electrons. The van der Waals surface area contributed by atoms with E-state index in [0.717, 1.165) is 11.1 Å². The number of allylic oxidation sites excluding steroid dienone is 1. The molecule has 1 N–H and O–H groups in total. The summed E-state index contributed by atoms with van der Waals surface area (Å²) >= 11 is 0. The van der Waals surface area contributed by atoms with Crippen LogP contribution in [-0.4, -0.2) is 16.7 Å². The van der Waals surface area contributed by atoms with Gasteiger partial charge in [-0.3, -0.25) is 4.79 Å². The van der Waals surface area contributed by atoms with Gasteiger partial charge in [0.2, 0.25) is 5.79 Å². The molecule has 0 unspecified atom stereocenters. The molecular weight excluding hydrogens is 280 g/mol. The van der Waals surface area contributed by atoms with Gasteiger partial charge in [-0.15, -0.1) is 0 Å². The molecule has 2 rings (SSSR count). The molecule has 0 heterocycles. The van der Waals surface area contributed by atoms with E-state index in [1.165, 1.54) is 6.08 Å². The van der Waals surface area contributed by atoms with Gasteiger partial charge in [0, 0.05) is 16.5 Å². The molecule has 0 radical (unpaired) electrons. The summed E-state index contributed by atoms with van der Waals surface area (Å²) < 4.78 is 0. The maximum absolute atomic E-state index is 12.1. The third kappa shape index (κ3) is 2.86. The van der Waals surface area contributed by atoms with Crippen molar-refractivity contribution < 1.29 is 19.7 Å². The summed E-state index contributed by atoms with van der Waals surface area (Å²) in [5, 5.41) is 10.4. The van der Waals surface area contributed by atoms with Gasteiger partial charge in [-0.05, 0) is 38.5 Å². The molecule has 0 fully saturated rings. The number of aryl methyl sites for hydroxylation is 1. The van der Waals surface area contributed by atoms with Gasteiger partial charge in [0.1, 0.15) is 5.60 Å². The maximum atomic E-state index is 12.1. The Kier molecular flexibility index (Phi) is 4.07. The SMILES string of the molecule is Cc1cccc2c1[C@@](C)(OO[C@](C)(O)C(C)(C)C)C=CC2=O. The van der Waals surface area contributed by atoms with Crippen LogP contribution in [0.1, 0.15) is 56.1 Å². The van der Waals surface area contributed by atoms with Crippen molar-refractivity contribution in [1.29, 1.82) is 0 Å². The van der Waals surface area contributed by atoms with Crippen LogP contribution >= 0.6 is 0 Å². The molecular formula is C18H24O4. The van der Waals surface area contributed by atoms with Crippen molar-refractivity contribution in [1.82, 2.24) is 0 Å². The van der Waals surface area contributed by atoms with Crippen molar-refractivity contribution in [2.75, 3.05) is 0 Å². The summed E-state index contributed by atoms with van der Waals surface area (Å²) in [4.78, 5) is 23.1. The number of carbonyl (C=O) groups is 1. The Morgan fingerprint density at radius 2 is 1.82 bits per heavy atom. The third-order valence-corrected chi connectivity index (χ3v) is 4.36. The van der Waals surface area contributed by atoms with Crippen molar-refractivity contribution in [2.24, 2.45) is 5.41 Å². The summed E-state index contributed by atoms with van der Waals surface area (Å²) in [5.41, 5.74) is 0.864. The molecule has 0 saturated carbocycles. The molecule has 0 amide bonds. The van der Waals surface area contributed by atoms with Gasteiger partial charge in [-0.2, -0.15) is 4.89 Å². The van der Waals surface area contributed by atoms with Gasteiger partial charge in [-0.1, -0.05) is 39.0 Å². The summed E-state index contributed by atoms with van der Waals surface area (Å²) in [6.45, 7) is 10.9. The number of aliphatic hydroxyl groups is 1. The number of rotatable bonds is 3. The van der Waals surface area contributed by atoms with E-state index in [-0.39, 0.29) is 5.78 Å². The van der Waals surface area contributed by atoms with Crippen molar-refractivity contribution >= 4 is 5.78 Å². The summed E-state index contributed by atoms with van der Waals surface area (Å²) in [6.07, 6.45) is 3.15. The molecule has 1 aromatic rings. The second-order valence-electron chi connectivity index (χ2n) is 7.20. The maximum Gasteiger partial charge on any atom is 0.201 e. The molecule has 0 saturated heterocycles. The normalized spacial score (nSPS) is 24.0. The Morgan fingerprint density at radius 3 is 2.41 bits per heavy atom. The van der Waals surface area contributed by atoms with Crippen LogP contribution in [0.2, 0.25) is 0 Å². The van der Waals surface area contributed by atoms with E-state index in [1.807, 2.05) is 46.8 Å². The monoisotopic (exact) mass is 304 g/mol. The summed E-state index contributed by atoms with van der Waals surface area (Å²) in [6, 6.07) is 5.55. The largest absolute Gasteiger partial charge is 0.363 e. The smallest absolute Gasteiger partial charge is 0.201 e. The second kappa shape index (κ2) is 5.30. The standard InChI is InChI=1S/C18H24O4/c1-12-8-7-9-13-14(19)10-11-17(5,15(12)13)21-22-18(6,20)16(2,3)4/h7-11,20H,1-6H3/t17-,18-/m0/s1. The van der Waals surface area contributed by atoms with Crippen molar-refractivity contribution in [3.05, 3.63) is 47.0 Å². The van der Waals surface area contributed by atoms with Gasteiger partial charge in [0.15, 0.2) is 5.78 Å². The Balaban J connectivity index is 2.36. The van der Waals surface area contributed by atoms with E-state index in [4.69, 9.17) is 9.78 Å². The van der Waals surface area contributed by atoms with E-state index in [1.54, 1.807) is 19.1 Å². The molecule has 2 atom stereocenters. The number of hydrogen-bond acceptors (Lipinski definition) is 4. The zero-order chi connectivity index (χ0) is 16.8. The first-order chi connectivity index (χ1) is 9.98. The molecule has 0 aliphatic heterocycles. The molecule has 1 aromatic carbocycles. The van der Waals surface area contributed by atoms with Gasteiger partial charge < -0.3 is 5.11 Å². The minimum atomic E-state index is -1.46. The number of ketones is 1. The van der Waals surface area contributed by atoms with Crippen LogP contribution in [0.25, 0.3) is 0 Å². The van der Waals surface area contributed by atoms with Gasteiger partial charge in [0.25, 0.3) is 0 Å². The highest BCUT2D eigenvalue weighted by Gasteiger charge is 2.42. The van der Waals surface area contributed by atoms with Gasteiger partial charge >= 0.3 is 0 Å². The molecule has 0 spiro atoms. The summed E-state index contributed by atoms with van der Waals surface area (Å²) in [7, 11) is 0. The highest BCUT2D eigenvalue weighted by atomic mass is 17.2. The highest BCUT2D eigenvalue weighted by Crippen LogP contribution is 2.39. The molecule has 1 aliphatic rings. The van der Waals surface area contributed by atoms with Crippen LogP contribution in [-0.2, 0) is 15.4 Å². The van der Waals surface area contributed by atoms with Crippen molar-refractivity contribution in [3.63, 3.8) is 0 Å². The van der Waals surface area contributed by atoms with Crippen LogP contribution < -0.4 is 0 Å². The molecule has 4 heteroatoms. The van der Waals surface area contributed by atoms with Crippen LogP contribution in [0.15, 0.2) is 30.4 Å². The quantitative estimate of drug-likeness (QED) is 0.526. The molecule has 0 bridgehead atoms. The lowest BCUT2D eigenvalue weighted by Crippen LogP contribution is -2.45. The number of fused-ring (bicyclic) bond motifs is 1. The average Bonchev–Trinajstić information content (AvgIpc) is 2.40. The fourth-order valence-electron chi connectivity index (χ4n) is 2.30. The lowest BCUT2D eigenvalue weighted by molar-refractivity contribution is -0.468. The minimum Gasteiger partial charge on any atom is -0.363 e. The van der Waals surface area contributed by atoms with Gasteiger partial charge in [0.05, 0.1) is 0 Å². The van der Waals surface area contributed by atoms with Crippen LogP contribution in [0.5, 0.6) is 0 Å². The molecule has 22 heavy (non-hydrogen) atoms. The predicted molar refractivity (Wildman–Crippen MR) is 84.3 cm³/mol. The van der Waals surface area contributed by atoms with E-state index < -0.39 is 16.8 Å². The first-order valence-electron chi connectivity index (χ1n) is 7.41. The number of hydrogen-bond donors (Lipinski definition) is 1. The Morgan fingerprint density at radius 1 is 1.18 bits per heavy atom. The zero-order valence-electron chi connectivity index (χ0n) is 14.1. The van der Waals surface area contributed by atoms with E-state index in [2.05, 4.69) is 0 Å². The summed E-state index contributed by atoms with van der Waals surface area (Å²) in [5.74, 6) is -1.52. The third-order valence-electron chi connectivity index (χ3n) is 4.36. The Bertz CT molecular complexity index is 622. The first-order valence-corrected chi connectivity index (χ1v) is 7.41. The molecule has 1 aliphatic carbocycles. The fraction of sp³-hybridized carbons (Fsp3) is 0.500. The van der Waals surface area contributed by atoms with E-state index >= 15 is 0 Å². The van der Waals surface area contributed by atoms with Crippen molar-refractivity contribution in [3.8, 4) is 0 Å². The van der Waals surface area contributed by atoms with Crippen LogP contribution in [0.4, 0.5) is 0 Å².